The largest absolute Gasteiger partial charge is 0.497 e. The molecule has 0 unspecified atom stereocenters. The lowest BCUT2D eigenvalue weighted by Gasteiger charge is -2.10. The molecule has 0 fully saturated rings. The Labute approximate surface area is 90.8 Å². The summed E-state index contributed by atoms with van der Waals surface area (Å²) < 4.78 is 28.9. The molecule has 1 aromatic rings. The third-order valence-corrected chi connectivity index (χ3v) is 1.90. The summed E-state index contributed by atoms with van der Waals surface area (Å²) in [6, 6.07) is 4.12. The molecule has 0 heterocycles. The van der Waals surface area contributed by atoms with Crippen LogP contribution in [0.3, 0.4) is 0 Å². The lowest BCUT2D eigenvalue weighted by Crippen LogP contribution is -2.13. The molecular weight excluding hydrogens is 220 g/mol. The quantitative estimate of drug-likeness (QED) is 0.814. The molecule has 0 saturated carbocycles. The normalized spacial score (nSPS) is 10.2. The van der Waals surface area contributed by atoms with E-state index in [1.807, 2.05) is 0 Å². The SMILES string of the molecule is COc1ccc(C(=O)O)c(NCC(F)F)c1. The minimum atomic E-state index is -2.55. The fourth-order valence-electron chi connectivity index (χ4n) is 1.17. The van der Waals surface area contributed by atoms with Crippen LogP contribution in [0.2, 0.25) is 0 Å². The second-order valence-corrected chi connectivity index (χ2v) is 2.99. The third-order valence-electron chi connectivity index (χ3n) is 1.90. The van der Waals surface area contributed by atoms with Gasteiger partial charge in [-0.05, 0) is 12.1 Å². The van der Waals surface area contributed by atoms with Crippen molar-refractivity contribution in [1.29, 1.82) is 0 Å². The highest BCUT2D eigenvalue weighted by Crippen LogP contribution is 2.22. The van der Waals surface area contributed by atoms with Gasteiger partial charge in [-0.25, -0.2) is 13.6 Å². The second kappa shape index (κ2) is 5.29. The van der Waals surface area contributed by atoms with Crippen molar-refractivity contribution in [3.8, 4) is 5.75 Å². The number of nitrogens with one attached hydrogen (secondary N) is 1. The van der Waals surface area contributed by atoms with Crippen LogP contribution in [0.4, 0.5) is 14.5 Å². The van der Waals surface area contributed by atoms with Gasteiger partial charge in [0.25, 0.3) is 6.43 Å². The van der Waals surface area contributed by atoms with E-state index in [-0.39, 0.29) is 11.3 Å². The van der Waals surface area contributed by atoms with Crippen molar-refractivity contribution in [2.24, 2.45) is 0 Å². The van der Waals surface area contributed by atoms with Crippen LogP contribution in [-0.2, 0) is 0 Å². The number of ether oxygens (including phenoxy) is 1. The number of aromatic carboxylic acids is 1. The summed E-state index contributed by atoms with van der Waals surface area (Å²) in [5.74, 6) is -0.777. The first-order valence-electron chi connectivity index (χ1n) is 4.48. The Hall–Kier alpha value is -1.85. The molecule has 1 aromatic carbocycles. The van der Waals surface area contributed by atoms with Crippen molar-refractivity contribution in [2.75, 3.05) is 19.0 Å². The van der Waals surface area contributed by atoms with Crippen LogP contribution < -0.4 is 10.1 Å². The van der Waals surface area contributed by atoms with Crippen LogP contribution in [0.25, 0.3) is 0 Å². The number of carboxylic acid groups (broad SMARTS) is 1. The van der Waals surface area contributed by atoms with E-state index in [0.717, 1.165) is 0 Å². The van der Waals surface area contributed by atoms with E-state index in [9.17, 15) is 13.6 Å². The summed E-state index contributed by atoms with van der Waals surface area (Å²) in [7, 11) is 1.41. The van der Waals surface area contributed by atoms with Gasteiger partial charge in [0.15, 0.2) is 0 Å². The van der Waals surface area contributed by atoms with E-state index in [4.69, 9.17) is 9.84 Å². The molecule has 0 saturated heterocycles. The Morgan fingerprint density at radius 2 is 2.25 bits per heavy atom. The summed E-state index contributed by atoms with van der Waals surface area (Å²) in [6.45, 7) is -0.604. The van der Waals surface area contributed by atoms with Gasteiger partial charge in [0.1, 0.15) is 5.75 Å². The van der Waals surface area contributed by atoms with Gasteiger partial charge in [-0.2, -0.15) is 0 Å². The Morgan fingerprint density at radius 3 is 2.75 bits per heavy atom. The fraction of sp³-hybridized carbons (Fsp3) is 0.300. The molecule has 0 radical (unpaired) electrons. The first kappa shape index (κ1) is 12.2. The van der Waals surface area contributed by atoms with Gasteiger partial charge in [0, 0.05) is 6.07 Å². The summed E-state index contributed by atoms with van der Waals surface area (Å²) in [5, 5.41) is 11.2. The number of anilines is 1. The van der Waals surface area contributed by atoms with Crippen molar-refractivity contribution in [1.82, 2.24) is 0 Å². The summed E-state index contributed by atoms with van der Waals surface area (Å²) in [6.07, 6.45) is -2.55. The minimum absolute atomic E-state index is 0.0681. The predicted octanol–water partition coefficient (Wildman–Crippen LogP) is 2.07. The van der Waals surface area contributed by atoms with Crippen molar-refractivity contribution >= 4 is 11.7 Å². The van der Waals surface area contributed by atoms with E-state index < -0.39 is 18.9 Å². The molecule has 0 bridgehead atoms. The zero-order valence-electron chi connectivity index (χ0n) is 8.54. The average Bonchev–Trinajstić information content (AvgIpc) is 2.25. The van der Waals surface area contributed by atoms with E-state index in [1.165, 1.54) is 25.3 Å². The standard InChI is InChI=1S/C10H11F2NO3/c1-16-6-2-3-7(10(14)15)8(4-6)13-5-9(11)12/h2-4,9,13H,5H2,1H3,(H,14,15). The molecule has 0 aliphatic heterocycles. The van der Waals surface area contributed by atoms with Crippen LogP contribution in [0, 0.1) is 0 Å². The Morgan fingerprint density at radius 1 is 1.56 bits per heavy atom. The zero-order valence-corrected chi connectivity index (χ0v) is 8.54. The molecule has 0 aliphatic rings. The minimum Gasteiger partial charge on any atom is -0.497 e. The van der Waals surface area contributed by atoms with Crippen LogP contribution in [-0.4, -0.2) is 31.2 Å². The average molecular weight is 231 g/mol. The lowest BCUT2D eigenvalue weighted by atomic mass is 10.1. The Kier molecular flexibility index (Phi) is 4.04. The molecular formula is C10H11F2NO3. The summed E-state index contributed by atoms with van der Waals surface area (Å²) in [4.78, 5) is 10.8. The Balaban J connectivity index is 2.96. The highest BCUT2D eigenvalue weighted by molar-refractivity contribution is 5.94. The van der Waals surface area contributed by atoms with Crippen molar-refractivity contribution in [2.45, 2.75) is 6.43 Å². The molecule has 6 heteroatoms. The molecule has 4 nitrogen and oxygen atoms in total. The van der Waals surface area contributed by atoms with Crippen molar-refractivity contribution < 1.29 is 23.4 Å². The van der Waals surface area contributed by atoms with Crippen LogP contribution in [0.1, 0.15) is 10.4 Å². The number of halogens is 2. The monoisotopic (exact) mass is 231 g/mol. The van der Waals surface area contributed by atoms with E-state index >= 15 is 0 Å². The highest BCUT2D eigenvalue weighted by atomic mass is 19.3. The third kappa shape index (κ3) is 3.08. The number of carbonyl (C=O) groups is 1. The molecule has 2 N–H and O–H groups in total. The van der Waals surface area contributed by atoms with Gasteiger partial charge in [0.2, 0.25) is 0 Å². The van der Waals surface area contributed by atoms with Crippen molar-refractivity contribution in [3.05, 3.63) is 23.8 Å². The van der Waals surface area contributed by atoms with E-state index in [2.05, 4.69) is 5.32 Å². The number of benzene rings is 1. The molecule has 0 aromatic heterocycles. The van der Waals surface area contributed by atoms with Gasteiger partial charge in [-0.1, -0.05) is 0 Å². The molecule has 16 heavy (non-hydrogen) atoms. The molecule has 0 amide bonds. The highest BCUT2D eigenvalue weighted by Gasteiger charge is 2.12. The number of methoxy groups -OCH3 is 1. The molecule has 1 rings (SSSR count). The van der Waals surface area contributed by atoms with Gasteiger partial charge in [-0.15, -0.1) is 0 Å². The second-order valence-electron chi connectivity index (χ2n) is 2.99. The molecule has 0 aliphatic carbocycles. The van der Waals surface area contributed by atoms with Crippen LogP contribution >= 0.6 is 0 Å². The lowest BCUT2D eigenvalue weighted by molar-refractivity contribution is 0.0697. The van der Waals surface area contributed by atoms with Crippen molar-refractivity contribution in [3.63, 3.8) is 0 Å². The van der Waals surface area contributed by atoms with Gasteiger partial charge in [0.05, 0.1) is 24.9 Å². The summed E-state index contributed by atoms with van der Waals surface area (Å²) >= 11 is 0. The maximum atomic E-state index is 12.0. The number of hydrogen-bond donors (Lipinski definition) is 2. The van der Waals surface area contributed by atoms with Gasteiger partial charge >= 0.3 is 5.97 Å². The topological polar surface area (TPSA) is 58.6 Å². The maximum absolute atomic E-state index is 12.0. The number of rotatable bonds is 5. The van der Waals surface area contributed by atoms with E-state index in [0.29, 0.717) is 5.75 Å². The zero-order chi connectivity index (χ0) is 12.1. The number of alkyl halides is 2. The van der Waals surface area contributed by atoms with Crippen LogP contribution in [0.15, 0.2) is 18.2 Å². The molecule has 88 valence electrons. The van der Waals surface area contributed by atoms with E-state index in [1.54, 1.807) is 0 Å². The predicted molar refractivity (Wildman–Crippen MR) is 54.4 cm³/mol. The first-order valence-corrected chi connectivity index (χ1v) is 4.48. The number of hydrogen-bond acceptors (Lipinski definition) is 3. The summed E-state index contributed by atoms with van der Waals surface area (Å²) in [5.41, 5.74) is 0.0496. The Bertz CT molecular complexity index is 382. The van der Waals surface area contributed by atoms with Crippen LogP contribution in [0.5, 0.6) is 5.75 Å². The molecule has 0 atom stereocenters. The first-order chi connectivity index (χ1) is 7.54. The maximum Gasteiger partial charge on any atom is 0.337 e. The number of carboxylic acids is 1. The fourth-order valence-corrected chi connectivity index (χ4v) is 1.17. The smallest absolute Gasteiger partial charge is 0.337 e. The molecule has 0 spiro atoms. The van der Waals surface area contributed by atoms with Gasteiger partial charge < -0.3 is 15.2 Å². The van der Waals surface area contributed by atoms with Gasteiger partial charge in [-0.3, -0.25) is 0 Å².